The molecular formula is C19H26N4O2. The van der Waals surface area contributed by atoms with Crippen LogP contribution in [0.25, 0.3) is 10.9 Å². The Morgan fingerprint density at radius 2 is 1.92 bits per heavy atom. The molecule has 0 aliphatic carbocycles. The van der Waals surface area contributed by atoms with Crippen LogP contribution < -0.4 is 10.7 Å². The van der Waals surface area contributed by atoms with Crippen molar-refractivity contribution in [3.8, 4) is 0 Å². The largest absolute Gasteiger partial charge is 0.353 e. The van der Waals surface area contributed by atoms with Crippen molar-refractivity contribution >= 4 is 16.8 Å². The molecule has 0 unspecified atom stereocenters. The fourth-order valence-corrected chi connectivity index (χ4v) is 3.40. The highest BCUT2D eigenvalue weighted by Crippen LogP contribution is 2.19. The third-order valence-corrected chi connectivity index (χ3v) is 4.99. The van der Waals surface area contributed by atoms with E-state index >= 15 is 0 Å². The number of para-hydroxylation sites is 1. The fraction of sp³-hybridized carbons (Fsp3) is 0.526. The van der Waals surface area contributed by atoms with Gasteiger partial charge in [-0.1, -0.05) is 18.6 Å². The van der Waals surface area contributed by atoms with Crippen LogP contribution in [0.5, 0.6) is 0 Å². The Morgan fingerprint density at radius 1 is 1.20 bits per heavy atom. The molecule has 0 spiro atoms. The summed E-state index contributed by atoms with van der Waals surface area (Å²) >= 11 is 0. The van der Waals surface area contributed by atoms with Crippen molar-refractivity contribution in [1.82, 2.24) is 20.0 Å². The highest BCUT2D eigenvalue weighted by atomic mass is 16.2. The number of carbonyl (C=O) groups is 1. The van der Waals surface area contributed by atoms with Crippen LogP contribution >= 0.6 is 0 Å². The van der Waals surface area contributed by atoms with Gasteiger partial charge in [-0.15, -0.1) is 0 Å². The van der Waals surface area contributed by atoms with E-state index < -0.39 is 0 Å². The summed E-state index contributed by atoms with van der Waals surface area (Å²) in [5.74, 6) is -0.0913. The zero-order valence-electron chi connectivity index (χ0n) is 15.0. The Kier molecular flexibility index (Phi) is 5.18. The van der Waals surface area contributed by atoms with Crippen molar-refractivity contribution in [2.75, 3.05) is 19.6 Å². The van der Waals surface area contributed by atoms with Crippen molar-refractivity contribution < 1.29 is 4.79 Å². The van der Waals surface area contributed by atoms with Gasteiger partial charge in [-0.2, -0.15) is 5.10 Å². The van der Waals surface area contributed by atoms with Crippen molar-refractivity contribution in [1.29, 1.82) is 0 Å². The molecule has 0 atom stereocenters. The quantitative estimate of drug-likeness (QED) is 0.899. The molecule has 1 aromatic heterocycles. The topological polar surface area (TPSA) is 67.2 Å². The number of rotatable bonds is 5. The van der Waals surface area contributed by atoms with Crippen LogP contribution in [0.1, 0.15) is 33.1 Å². The lowest BCUT2D eigenvalue weighted by Gasteiger charge is -2.41. The average Bonchev–Trinajstić information content (AvgIpc) is 2.63. The first-order chi connectivity index (χ1) is 12.0. The number of aromatic nitrogens is 2. The minimum absolute atomic E-state index is 0.0604. The van der Waals surface area contributed by atoms with Crippen molar-refractivity contribution in [3.63, 3.8) is 0 Å². The molecule has 134 valence electrons. The molecule has 3 rings (SSSR count). The summed E-state index contributed by atoms with van der Waals surface area (Å²) in [5, 5.41) is 7.72. The van der Waals surface area contributed by atoms with Crippen LogP contribution in [-0.4, -0.2) is 45.8 Å². The van der Waals surface area contributed by atoms with Gasteiger partial charge in [-0.05, 0) is 51.9 Å². The SMILES string of the molecule is CC(C)(CNC(=O)Cn1ncc(=O)c2ccccc21)N1CCCCC1. The van der Waals surface area contributed by atoms with Crippen LogP contribution in [0.15, 0.2) is 35.3 Å². The van der Waals surface area contributed by atoms with Crippen molar-refractivity contribution in [3.05, 3.63) is 40.7 Å². The number of hydrogen-bond donors (Lipinski definition) is 1. The number of nitrogens with zero attached hydrogens (tertiary/aromatic N) is 3. The van der Waals surface area contributed by atoms with E-state index in [0.29, 0.717) is 17.4 Å². The molecule has 2 aromatic rings. The summed E-state index contributed by atoms with van der Waals surface area (Å²) in [5.41, 5.74) is 0.494. The van der Waals surface area contributed by atoms with Crippen LogP contribution in [0, 0.1) is 0 Å². The molecule has 0 radical (unpaired) electrons. The Morgan fingerprint density at radius 3 is 2.68 bits per heavy atom. The van der Waals surface area contributed by atoms with Crippen molar-refractivity contribution in [2.45, 2.75) is 45.2 Å². The molecule has 1 fully saturated rings. The normalized spacial score (nSPS) is 16.1. The number of benzene rings is 1. The Labute approximate surface area is 147 Å². The summed E-state index contributed by atoms with van der Waals surface area (Å²) in [6.45, 7) is 7.24. The molecule has 25 heavy (non-hydrogen) atoms. The van der Waals surface area contributed by atoms with Gasteiger partial charge < -0.3 is 5.32 Å². The predicted molar refractivity (Wildman–Crippen MR) is 98.5 cm³/mol. The third kappa shape index (κ3) is 4.07. The van der Waals surface area contributed by atoms with Crippen LogP contribution in [0.2, 0.25) is 0 Å². The van der Waals surface area contributed by atoms with Gasteiger partial charge in [0.15, 0.2) is 0 Å². The van der Waals surface area contributed by atoms with Crippen LogP contribution in [0.3, 0.4) is 0 Å². The summed E-state index contributed by atoms with van der Waals surface area (Å²) in [6.07, 6.45) is 5.02. The maximum absolute atomic E-state index is 12.4. The first-order valence-electron chi connectivity index (χ1n) is 8.94. The monoisotopic (exact) mass is 342 g/mol. The highest BCUT2D eigenvalue weighted by Gasteiger charge is 2.28. The maximum atomic E-state index is 12.4. The minimum Gasteiger partial charge on any atom is -0.353 e. The molecule has 0 saturated carbocycles. The van der Waals surface area contributed by atoms with Gasteiger partial charge >= 0.3 is 0 Å². The Hall–Kier alpha value is -2.21. The van der Waals surface area contributed by atoms with E-state index in [-0.39, 0.29) is 23.4 Å². The second-order valence-corrected chi connectivity index (χ2v) is 7.32. The van der Waals surface area contributed by atoms with Gasteiger partial charge in [0.05, 0.1) is 11.7 Å². The number of hydrogen-bond acceptors (Lipinski definition) is 4. The lowest BCUT2D eigenvalue weighted by Crippen LogP contribution is -2.53. The van der Waals surface area contributed by atoms with Gasteiger partial charge in [0.25, 0.3) is 0 Å². The first kappa shape index (κ1) is 17.6. The van der Waals surface area contributed by atoms with Gasteiger partial charge in [0.1, 0.15) is 6.54 Å². The molecule has 1 saturated heterocycles. The van der Waals surface area contributed by atoms with Crippen molar-refractivity contribution in [2.24, 2.45) is 0 Å². The fourth-order valence-electron chi connectivity index (χ4n) is 3.40. The molecule has 1 aromatic carbocycles. The molecule has 6 nitrogen and oxygen atoms in total. The average molecular weight is 342 g/mol. The zero-order valence-corrected chi connectivity index (χ0v) is 15.0. The molecule has 0 bridgehead atoms. The number of nitrogens with one attached hydrogen (secondary N) is 1. The summed E-state index contributed by atoms with van der Waals surface area (Å²) in [4.78, 5) is 26.7. The minimum atomic E-state index is -0.126. The molecular weight excluding hydrogens is 316 g/mol. The van der Waals surface area contributed by atoms with E-state index in [0.717, 1.165) is 13.1 Å². The molecule has 2 heterocycles. The van der Waals surface area contributed by atoms with Gasteiger partial charge in [0, 0.05) is 17.5 Å². The van der Waals surface area contributed by atoms with E-state index in [2.05, 4.69) is 29.2 Å². The number of piperidine rings is 1. The molecule has 6 heteroatoms. The summed E-state index contributed by atoms with van der Waals surface area (Å²) < 4.78 is 1.58. The molecule has 1 amide bonds. The van der Waals surface area contributed by atoms with E-state index in [1.165, 1.54) is 25.5 Å². The number of carbonyl (C=O) groups excluding carboxylic acids is 1. The Bertz CT molecular complexity index is 806. The van der Waals surface area contributed by atoms with Crippen LogP contribution in [0.4, 0.5) is 0 Å². The molecule has 1 N–H and O–H groups in total. The standard InChI is InChI=1S/C19H26N4O2/c1-19(2,22-10-6-3-7-11-22)14-20-18(25)13-23-16-9-5-4-8-15(16)17(24)12-21-23/h4-5,8-9,12H,3,6-7,10-11,13-14H2,1-2H3,(H,20,25). The van der Waals surface area contributed by atoms with Crippen LogP contribution in [-0.2, 0) is 11.3 Å². The highest BCUT2D eigenvalue weighted by molar-refractivity contribution is 5.81. The number of amides is 1. The zero-order chi connectivity index (χ0) is 17.9. The van der Waals surface area contributed by atoms with Gasteiger partial charge in [0.2, 0.25) is 11.3 Å². The lowest BCUT2D eigenvalue weighted by atomic mass is 9.98. The maximum Gasteiger partial charge on any atom is 0.241 e. The molecule has 1 aliphatic rings. The van der Waals surface area contributed by atoms with E-state index in [1.807, 2.05) is 18.2 Å². The summed E-state index contributed by atoms with van der Waals surface area (Å²) in [6, 6.07) is 7.23. The number of fused-ring (bicyclic) bond motifs is 1. The predicted octanol–water partition coefficient (Wildman–Crippen LogP) is 1.78. The third-order valence-electron chi connectivity index (χ3n) is 4.99. The lowest BCUT2D eigenvalue weighted by molar-refractivity contribution is -0.122. The van der Waals surface area contributed by atoms with Gasteiger partial charge in [-0.25, -0.2) is 0 Å². The first-order valence-corrected chi connectivity index (χ1v) is 8.94. The van der Waals surface area contributed by atoms with E-state index in [9.17, 15) is 9.59 Å². The number of likely N-dealkylation sites (tertiary alicyclic amines) is 1. The second-order valence-electron chi connectivity index (χ2n) is 7.32. The second kappa shape index (κ2) is 7.35. The van der Waals surface area contributed by atoms with E-state index in [1.54, 1.807) is 10.7 Å². The van der Waals surface area contributed by atoms with Gasteiger partial charge in [-0.3, -0.25) is 19.2 Å². The summed E-state index contributed by atoms with van der Waals surface area (Å²) in [7, 11) is 0. The van der Waals surface area contributed by atoms with E-state index in [4.69, 9.17) is 0 Å². The Balaban J connectivity index is 1.65. The smallest absolute Gasteiger partial charge is 0.241 e. The molecule has 1 aliphatic heterocycles.